The van der Waals surface area contributed by atoms with Gasteiger partial charge in [-0.2, -0.15) is 0 Å². The third kappa shape index (κ3) is 1.84. The van der Waals surface area contributed by atoms with Crippen LogP contribution in [0.25, 0.3) is 0 Å². The molecule has 1 aliphatic heterocycles. The number of morpholine rings is 1. The van der Waals surface area contributed by atoms with Gasteiger partial charge in [0.25, 0.3) is 0 Å². The highest BCUT2D eigenvalue weighted by Crippen LogP contribution is 2.32. The summed E-state index contributed by atoms with van der Waals surface area (Å²) in [5.74, 6) is 1.09. The van der Waals surface area contributed by atoms with Gasteiger partial charge in [-0.3, -0.25) is 0 Å². The molecule has 0 aromatic carbocycles. The molecule has 2 aliphatic rings. The Morgan fingerprint density at radius 1 is 1.38 bits per heavy atom. The number of anilines is 1. The van der Waals surface area contributed by atoms with Crippen molar-refractivity contribution in [1.29, 1.82) is 0 Å². The van der Waals surface area contributed by atoms with E-state index in [1.807, 2.05) is 6.20 Å². The van der Waals surface area contributed by atoms with E-state index in [0.29, 0.717) is 12.1 Å². The highest BCUT2D eigenvalue weighted by Gasteiger charge is 2.36. The molecule has 1 aromatic heterocycles. The summed E-state index contributed by atoms with van der Waals surface area (Å²) in [4.78, 5) is 6.90. The normalized spacial score (nSPS) is 29.2. The third-order valence-electron chi connectivity index (χ3n) is 3.49. The molecule has 2 unspecified atom stereocenters. The Hall–Kier alpha value is -0.610. The Kier molecular flexibility index (Phi) is 2.86. The molecule has 86 valence electrons. The van der Waals surface area contributed by atoms with E-state index in [2.05, 4.69) is 37.9 Å². The Morgan fingerprint density at radius 2 is 2.31 bits per heavy atom. The van der Waals surface area contributed by atoms with E-state index in [9.17, 15) is 0 Å². The highest BCUT2D eigenvalue weighted by atomic mass is 79.9. The maximum atomic E-state index is 5.80. The number of hydrogen-bond donors (Lipinski definition) is 0. The lowest BCUT2D eigenvalue weighted by atomic mass is 10.1. The van der Waals surface area contributed by atoms with E-state index in [-0.39, 0.29) is 0 Å². The molecule has 3 rings (SSSR count). The van der Waals surface area contributed by atoms with Crippen LogP contribution in [0.2, 0.25) is 0 Å². The fourth-order valence-corrected chi connectivity index (χ4v) is 2.98. The average molecular weight is 283 g/mol. The molecule has 0 radical (unpaired) electrons. The highest BCUT2D eigenvalue weighted by molar-refractivity contribution is 9.10. The van der Waals surface area contributed by atoms with Crippen molar-refractivity contribution < 1.29 is 4.74 Å². The van der Waals surface area contributed by atoms with Gasteiger partial charge in [-0.05, 0) is 47.3 Å². The van der Waals surface area contributed by atoms with Crippen molar-refractivity contribution >= 4 is 21.7 Å². The Balaban J connectivity index is 1.85. The summed E-state index contributed by atoms with van der Waals surface area (Å²) < 4.78 is 6.83. The fraction of sp³-hybridized carbons (Fsp3) is 0.583. The minimum absolute atomic E-state index is 0.430. The van der Waals surface area contributed by atoms with Crippen LogP contribution in [0.5, 0.6) is 0 Å². The molecular weight excluding hydrogens is 268 g/mol. The van der Waals surface area contributed by atoms with Crippen molar-refractivity contribution in [3.8, 4) is 0 Å². The Morgan fingerprint density at radius 3 is 3.12 bits per heavy atom. The molecule has 1 saturated heterocycles. The van der Waals surface area contributed by atoms with Crippen molar-refractivity contribution in [2.45, 2.75) is 31.4 Å². The standard InChI is InChI=1S/C12H15BrN2O/c13-9-4-5-12(14-8-9)15-6-7-16-11-3-1-2-10(11)15/h4-5,8,10-11H,1-3,6-7H2. The first-order chi connectivity index (χ1) is 7.84. The molecule has 0 amide bonds. The van der Waals surface area contributed by atoms with Crippen LogP contribution in [-0.4, -0.2) is 30.3 Å². The zero-order valence-electron chi connectivity index (χ0n) is 9.10. The van der Waals surface area contributed by atoms with Crippen LogP contribution < -0.4 is 4.90 Å². The van der Waals surface area contributed by atoms with Gasteiger partial charge >= 0.3 is 0 Å². The number of ether oxygens (including phenoxy) is 1. The van der Waals surface area contributed by atoms with Gasteiger partial charge in [0.05, 0.1) is 18.8 Å². The van der Waals surface area contributed by atoms with Crippen molar-refractivity contribution in [2.24, 2.45) is 0 Å². The second kappa shape index (κ2) is 4.34. The molecule has 1 saturated carbocycles. The molecule has 3 nitrogen and oxygen atoms in total. The molecule has 1 aromatic rings. The van der Waals surface area contributed by atoms with Crippen LogP contribution in [0.1, 0.15) is 19.3 Å². The first-order valence-corrected chi connectivity index (χ1v) is 6.64. The molecule has 2 heterocycles. The Bertz CT molecular complexity index is 368. The number of nitrogens with zero attached hydrogens (tertiary/aromatic N) is 2. The second-order valence-electron chi connectivity index (χ2n) is 4.44. The van der Waals surface area contributed by atoms with E-state index in [0.717, 1.165) is 23.4 Å². The minimum atomic E-state index is 0.430. The lowest BCUT2D eigenvalue weighted by molar-refractivity contribution is 0.0253. The molecule has 0 spiro atoms. The summed E-state index contributed by atoms with van der Waals surface area (Å²) in [5.41, 5.74) is 0. The van der Waals surface area contributed by atoms with Crippen molar-refractivity contribution in [3.63, 3.8) is 0 Å². The van der Waals surface area contributed by atoms with Crippen LogP contribution in [0.4, 0.5) is 5.82 Å². The fourth-order valence-electron chi connectivity index (χ4n) is 2.75. The number of halogens is 1. The summed E-state index contributed by atoms with van der Waals surface area (Å²) in [5, 5.41) is 0. The zero-order chi connectivity index (χ0) is 11.0. The summed E-state index contributed by atoms with van der Waals surface area (Å²) in [6.45, 7) is 1.80. The number of aromatic nitrogens is 1. The lowest BCUT2D eigenvalue weighted by Gasteiger charge is -2.38. The molecule has 16 heavy (non-hydrogen) atoms. The van der Waals surface area contributed by atoms with E-state index in [1.165, 1.54) is 19.3 Å². The largest absolute Gasteiger partial charge is 0.374 e. The van der Waals surface area contributed by atoms with E-state index in [4.69, 9.17) is 4.74 Å². The number of hydrogen-bond acceptors (Lipinski definition) is 3. The molecule has 0 bridgehead atoms. The quantitative estimate of drug-likeness (QED) is 0.792. The summed E-state index contributed by atoms with van der Waals surface area (Å²) in [6, 6.07) is 4.69. The maximum absolute atomic E-state index is 5.80. The van der Waals surface area contributed by atoms with Gasteiger partial charge in [-0.15, -0.1) is 0 Å². The topological polar surface area (TPSA) is 25.4 Å². The SMILES string of the molecule is Brc1ccc(N2CCOC3CCCC32)nc1. The molecule has 4 heteroatoms. The predicted molar refractivity (Wildman–Crippen MR) is 66.7 cm³/mol. The summed E-state index contributed by atoms with van der Waals surface area (Å²) >= 11 is 3.42. The Labute approximate surface area is 104 Å². The molecule has 2 atom stereocenters. The van der Waals surface area contributed by atoms with E-state index >= 15 is 0 Å². The third-order valence-corrected chi connectivity index (χ3v) is 3.96. The first kappa shape index (κ1) is 10.5. The zero-order valence-corrected chi connectivity index (χ0v) is 10.7. The monoisotopic (exact) mass is 282 g/mol. The predicted octanol–water partition coefficient (Wildman–Crippen LogP) is 2.60. The van der Waals surface area contributed by atoms with E-state index < -0.39 is 0 Å². The van der Waals surface area contributed by atoms with Crippen molar-refractivity contribution in [1.82, 2.24) is 4.98 Å². The number of rotatable bonds is 1. The second-order valence-corrected chi connectivity index (χ2v) is 5.35. The van der Waals surface area contributed by atoms with E-state index in [1.54, 1.807) is 0 Å². The minimum Gasteiger partial charge on any atom is -0.374 e. The van der Waals surface area contributed by atoms with Crippen LogP contribution in [0, 0.1) is 0 Å². The van der Waals surface area contributed by atoms with Gasteiger partial charge < -0.3 is 9.64 Å². The van der Waals surface area contributed by atoms with Crippen molar-refractivity contribution in [3.05, 3.63) is 22.8 Å². The molecular formula is C12H15BrN2O. The van der Waals surface area contributed by atoms with Crippen LogP contribution in [0.15, 0.2) is 22.8 Å². The first-order valence-electron chi connectivity index (χ1n) is 5.84. The molecule has 1 aliphatic carbocycles. The van der Waals surface area contributed by atoms with Crippen molar-refractivity contribution in [2.75, 3.05) is 18.1 Å². The summed E-state index contributed by atoms with van der Waals surface area (Å²) in [7, 11) is 0. The van der Waals surface area contributed by atoms with Gasteiger partial charge in [0.1, 0.15) is 5.82 Å². The van der Waals surface area contributed by atoms with Crippen LogP contribution >= 0.6 is 15.9 Å². The maximum Gasteiger partial charge on any atom is 0.128 e. The van der Waals surface area contributed by atoms with Gasteiger partial charge in [0.2, 0.25) is 0 Å². The van der Waals surface area contributed by atoms with Gasteiger partial charge in [-0.1, -0.05) is 0 Å². The van der Waals surface area contributed by atoms with Crippen LogP contribution in [-0.2, 0) is 4.74 Å². The summed E-state index contributed by atoms with van der Waals surface area (Å²) in [6.07, 6.45) is 6.02. The number of pyridine rings is 1. The van der Waals surface area contributed by atoms with Gasteiger partial charge in [-0.25, -0.2) is 4.98 Å². The lowest BCUT2D eigenvalue weighted by Crippen LogP contribution is -2.49. The van der Waals surface area contributed by atoms with Crippen LogP contribution in [0.3, 0.4) is 0 Å². The molecule has 0 N–H and O–H groups in total. The van der Waals surface area contributed by atoms with Gasteiger partial charge in [0.15, 0.2) is 0 Å². The number of fused-ring (bicyclic) bond motifs is 1. The smallest absolute Gasteiger partial charge is 0.128 e. The average Bonchev–Trinajstić information content (AvgIpc) is 2.78. The molecule has 2 fully saturated rings. The van der Waals surface area contributed by atoms with Gasteiger partial charge in [0, 0.05) is 17.2 Å².